The molecule has 0 heterocycles. The second-order valence-corrected chi connectivity index (χ2v) is 12.3. The van der Waals surface area contributed by atoms with Gasteiger partial charge >= 0.3 is 0 Å². The molecule has 4 aliphatic rings. The summed E-state index contributed by atoms with van der Waals surface area (Å²) in [6.45, 7) is 10.1. The van der Waals surface area contributed by atoms with Crippen LogP contribution in [0.2, 0.25) is 0 Å². The molecular formula is C27H46O2. The van der Waals surface area contributed by atoms with E-state index in [2.05, 4.69) is 27.7 Å². The first-order valence-electron chi connectivity index (χ1n) is 12.9. The number of aliphatic hydroxyl groups excluding tert-OH is 1. The van der Waals surface area contributed by atoms with Crippen molar-refractivity contribution in [2.45, 2.75) is 105 Å². The quantitative estimate of drug-likeness (QED) is 0.540. The Hall–Kier alpha value is -0.370. The first kappa shape index (κ1) is 21.8. The predicted octanol–water partition coefficient (Wildman–Crippen LogP) is 6.65. The summed E-state index contributed by atoms with van der Waals surface area (Å²) in [7, 11) is 0. The molecule has 0 amide bonds. The maximum absolute atomic E-state index is 13.2. The van der Waals surface area contributed by atoms with Crippen LogP contribution in [0, 0.1) is 52.3 Å². The minimum Gasteiger partial charge on any atom is -0.396 e. The lowest BCUT2D eigenvalue weighted by Crippen LogP contribution is -2.56. The molecule has 166 valence electrons. The van der Waals surface area contributed by atoms with Gasteiger partial charge in [-0.05, 0) is 91.3 Å². The fraction of sp³-hybridized carbons (Fsp3) is 0.963. The molecule has 0 aromatic rings. The van der Waals surface area contributed by atoms with Gasteiger partial charge in [0.25, 0.3) is 0 Å². The number of ketones is 1. The normalized spacial score (nSPS) is 46.5. The Balaban J connectivity index is 1.47. The predicted molar refractivity (Wildman–Crippen MR) is 119 cm³/mol. The van der Waals surface area contributed by atoms with E-state index in [4.69, 9.17) is 0 Å². The second-order valence-electron chi connectivity index (χ2n) is 12.3. The number of hydrogen-bond donors (Lipinski definition) is 1. The summed E-state index contributed by atoms with van der Waals surface area (Å²) in [5, 5.41) is 9.31. The molecule has 0 saturated heterocycles. The average molecular weight is 403 g/mol. The molecule has 4 fully saturated rings. The average Bonchev–Trinajstić information content (AvgIpc) is 3.05. The summed E-state index contributed by atoms with van der Waals surface area (Å²) in [6, 6.07) is 0. The van der Waals surface area contributed by atoms with E-state index in [1.165, 1.54) is 64.2 Å². The summed E-state index contributed by atoms with van der Waals surface area (Å²) < 4.78 is 0. The molecule has 0 spiro atoms. The van der Waals surface area contributed by atoms with Crippen LogP contribution in [0.3, 0.4) is 0 Å². The van der Waals surface area contributed by atoms with Crippen LogP contribution >= 0.6 is 0 Å². The fourth-order valence-electron chi connectivity index (χ4n) is 9.15. The molecule has 9 atom stereocenters. The van der Waals surface area contributed by atoms with Gasteiger partial charge in [-0.1, -0.05) is 53.4 Å². The van der Waals surface area contributed by atoms with Gasteiger partial charge in [0.2, 0.25) is 0 Å². The monoisotopic (exact) mass is 402 g/mol. The van der Waals surface area contributed by atoms with E-state index in [0.29, 0.717) is 41.0 Å². The van der Waals surface area contributed by atoms with Gasteiger partial charge < -0.3 is 5.11 Å². The molecular weight excluding hydrogens is 356 g/mol. The Morgan fingerprint density at radius 2 is 1.72 bits per heavy atom. The lowest BCUT2D eigenvalue weighted by Gasteiger charge is -2.60. The van der Waals surface area contributed by atoms with Crippen LogP contribution in [0.25, 0.3) is 0 Å². The van der Waals surface area contributed by atoms with Crippen molar-refractivity contribution >= 4 is 5.78 Å². The van der Waals surface area contributed by atoms with Gasteiger partial charge in [0.15, 0.2) is 0 Å². The summed E-state index contributed by atoms with van der Waals surface area (Å²) in [6.07, 6.45) is 15.3. The smallest absolute Gasteiger partial charge is 0.136 e. The van der Waals surface area contributed by atoms with E-state index in [9.17, 15) is 9.90 Å². The minimum absolute atomic E-state index is 0.309. The number of aliphatic hydroxyl groups is 1. The third-order valence-electron chi connectivity index (χ3n) is 10.8. The Morgan fingerprint density at radius 3 is 2.48 bits per heavy atom. The second kappa shape index (κ2) is 8.29. The first-order valence-corrected chi connectivity index (χ1v) is 12.9. The molecule has 2 heteroatoms. The SMILES string of the molecule is C[C@@H](CO)CCC[C@@H](C)[C@H]1CC[C@H]2[C@@H]3CC(=O)[C@H]4CCCC[C@]4(C)[C@H]3CC[C@]12C. The van der Waals surface area contributed by atoms with Gasteiger partial charge in [0, 0.05) is 18.9 Å². The van der Waals surface area contributed by atoms with E-state index in [1.54, 1.807) is 0 Å². The molecule has 0 aromatic heterocycles. The molecule has 4 aliphatic carbocycles. The molecule has 0 bridgehead atoms. The Labute approximate surface area is 179 Å². The Bertz CT molecular complexity index is 599. The number of carbonyl (C=O) groups is 1. The van der Waals surface area contributed by atoms with Crippen LogP contribution in [0.15, 0.2) is 0 Å². The number of fused-ring (bicyclic) bond motifs is 5. The largest absolute Gasteiger partial charge is 0.396 e. The standard InChI is InChI=1S/C27H46O2/c1-18(17-28)8-7-9-19(2)21-11-12-22-20-16-25(29)24-10-5-6-14-26(24,3)23(20)13-15-27(21,22)4/h18-24,28H,5-17H2,1-4H3/t18-,19-,20+,21-,22+,23+,24-,26-,27-/m1/s1. The van der Waals surface area contributed by atoms with Crippen molar-refractivity contribution in [3.8, 4) is 0 Å². The van der Waals surface area contributed by atoms with E-state index in [-0.39, 0.29) is 0 Å². The van der Waals surface area contributed by atoms with Crippen LogP contribution in [0.4, 0.5) is 0 Å². The zero-order valence-electron chi connectivity index (χ0n) is 19.6. The van der Waals surface area contributed by atoms with E-state index < -0.39 is 0 Å². The van der Waals surface area contributed by atoms with Crippen molar-refractivity contribution < 1.29 is 9.90 Å². The van der Waals surface area contributed by atoms with Crippen molar-refractivity contribution in [2.75, 3.05) is 6.61 Å². The molecule has 0 radical (unpaired) electrons. The fourth-order valence-corrected chi connectivity index (χ4v) is 9.15. The lowest BCUT2D eigenvalue weighted by molar-refractivity contribution is -0.154. The van der Waals surface area contributed by atoms with Crippen LogP contribution in [-0.2, 0) is 4.79 Å². The van der Waals surface area contributed by atoms with Gasteiger partial charge in [-0.15, -0.1) is 0 Å². The zero-order chi connectivity index (χ0) is 20.8. The van der Waals surface area contributed by atoms with Crippen LogP contribution < -0.4 is 0 Å². The molecule has 4 rings (SSSR count). The minimum atomic E-state index is 0.309. The summed E-state index contributed by atoms with van der Waals surface area (Å²) >= 11 is 0. The molecule has 1 N–H and O–H groups in total. The third kappa shape index (κ3) is 3.64. The number of hydrogen-bond acceptors (Lipinski definition) is 2. The molecule has 29 heavy (non-hydrogen) atoms. The highest BCUT2D eigenvalue weighted by atomic mass is 16.3. The van der Waals surface area contributed by atoms with Crippen molar-refractivity contribution in [1.29, 1.82) is 0 Å². The number of carbonyl (C=O) groups excluding carboxylic acids is 1. The molecule has 0 aromatic carbocycles. The van der Waals surface area contributed by atoms with Crippen molar-refractivity contribution in [1.82, 2.24) is 0 Å². The van der Waals surface area contributed by atoms with Gasteiger partial charge in [0.05, 0.1) is 0 Å². The van der Waals surface area contributed by atoms with Crippen molar-refractivity contribution in [3.63, 3.8) is 0 Å². The van der Waals surface area contributed by atoms with Crippen molar-refractivity contribution in [2.24, 2.45) is 52.3 Å². The van der Waals surface area contributed by atoms with E-state index >= 15 is 0 Å². The van der Waals surface area contributed by atoms with Gasteiger partial charge in [-0.2, -0.15) is 0 Å². The van der Waals surface area contributed by atoms with Gasteiger partial charge in [-0.3, -0.25) is 4.79 Å². The van der Waals surface area contributed by atoms with Gasteiger partial charge in [0.1, 0.15) is 5.78 Å². The molecule has 2 nitrogen and oxygen atoms in total. The van der Waals surface area contributed by atoms with Crippen LogP contribution in [0.5, 0.6) is 0 Å². The van der Waals surface area contributed by atoms with Crippen LogP contribution in [0.1, 0.15) is 105 Å². The number of Topliss-reactive ketones (excluding diaryl/α,β-unsaturated/α-hetero) is 1. The Morgan fingerprint density at radius 1 is 0.966 bits per heavy atom. The molecule has 4 saturated carbocycles. The number of rotatable bonds is 6. The summed E-state index contributed by atoms with van der Waals surface area (Å²) in [4.78, 5) is 13.2. The third-order valence-corrected chi connectivity index (χ3v) is 10.8. The Kier molecular flexibility index (Phi) is 6.24. The zero-order valence-corrected chi connectivity index (χ0v) is 19.6. The summed E-state index contributed by atoms with van der Waals surface area (Å²) in [5.41, 5.74) is 0.769. The maximum Gasteiger partial charge on any atom is 0.136 e. The molecule has 0 aliphatic heterocycles. The highest BCUT2D eigenvalue weighted by Gasteiger charge is 2.61. The van der Waals surface area contributed by atoms with Crippen molar-refractivity contribution in [3.05, 3.63) is 0 Å². The van der Waals surface area contributed by atoms with E-state index in [1.807, 2.05) is 0 Å². The lowest BCUT2D eigenvalue weighted by atomic mass is 9.44. The highest BCUT2D eigenvalue weighted by molar-refractivity contribution is 5.83. The van der Waals surface area contributed by atoms with Gasteiger partial charge in [-0.25, -0.2) is 0 Å². The van der Waals surface area contributed by atoms with E-state index in [0.717, 1.165) is 36.5 Å². The van der Waals surface area contributed by atoms with Crippen LogP contribution in [-0.4, -0.2) is 17.5 Å². The molecule has 0 unspecified atom stereocenters. The first-order chi connectivity index (χ1) is 13.8. The summed E-state index contributed by atoms with van der Waals surface area (Å²) in [5.74, 6) is 5.35. The maximum atomic E-state index is 13.2. The topological polar surface area (TPSA) is 37.3 Å². The highest BCUT2D eigenvalue weighted by Crippen LogP contribution is 2.67.